The summed E-state index contributed by atoms with van der Waals surface area (Å²) in [6, 6.07) is 13.2. The second kappa shape index (κ2) is 8.01. The van der Waals surface area contributed by atoms with Crippen LogP contribution in [0.1, 0.15) is 11.7 Å². The number of nitrogens with zero attached hydrogens (tertiary/aromatic N) is 5. The molecule has 0 aliphatic rings. The predicted molar refractivity (Wildman–Crippen MR) is 101 cm³/mol. The molecule has 8 heteroatoms. The Morgan fingerprint density at radius 3 is 2.61 bits per heavy atom. The highest BCUT2D eigenvalue weighted by Gasteiger charge is 2.14. The van der Waals surface area contributed by atoms with Crippen LogP contribution < -0.4 is 4.74 Å². The first-order chi connectivity index (χ1) is 13.7. The van der Waals surface area contributed by atoms with Crippen molar-refractivity contribution in [2.24, 2.45) is 0 Å². The molecule has 4 aromatic rings. The summed E-state index contributed by atoms with van der Waals surface area (Å²) in [6.45, 7) is 1.06. The van der Waals surface area contributed by atoms with E-state index in [0.717, 1.165) is 28.3 Å². The van der Waals surface area contributed by atoms with E-state index in [0.29, 0.717) is 24.8 Å². The van der Waals surface area contributed by atoms with Gasteiger partial charge in [0, 0.05) is 29.6 Å². The Bertz CT molecular complexity index is 1030. The molecule has 1 aromatic carbocycles. The van der Waals surface area contributed by atoms with Crippen molar-refractivity contribution in [3.63, 3.8) is 0 Å². The quantitative estimate of drug-likeness (QED) is 0.484. The maximum Gasteiger partial charge on any atom is 0.241 e. The van der Waals surface area contributed by atoms with Crippen molar-refractivity contribution >= 4 is 0 Å². The average molecular weight is 377 g/mol. The molecule has 0 bridgehead atoms. The molecule has 0 spiro atoms. The molecule has 142 valence electrons. The highest BCUT2D eigenvalue weighted by molar-refractivity contribution is 5.57. The molecule has 3 heterocycles. The number of hydrogen-bond acceptors (Lipinski definition) is 8. The topological polar surface area (TPSA) is 90.3 Å². The molecule has 0 N–H and O–H groups in total. The minimum atomic E-state index is 0.492. The Hall–Kier alpha value is -3.52. The van der Waals surface area contributed by atoms with Gasteiger partial charge < -0.3 is 13.8 Å². The second-order valence-corrected chi connectivity index (χ2v) is 6.33. The minimum Gasteiger partial charge on any atom is -0.497 e. The summed E-state index contributed by atoms with van der Waals surface area (Å²) in [6.07, 6.45) is 3.48. The molecule has 0 saturated carbocycles. The maximum absolute atomic E-state index is 5.43. The Balaban J connectivity index is 1.38. The van der Waals surface area contributed by atoms with E-state index in [2.05, 4.69) is 20.3 Å². The zero-order valence-corrected chi connectivity index (χ0v) is 15.6. The number of hydrogen-bond donors (Lipinski definition) is 0. The molecule has 0 unspecified atom stereocenters. The summed E-state index contributed by atoms with van der Waals surface area (Å²) in [4.78, 5) is 10.6. The smallest absolute Gasteiger partial charge is 0.241 e. The maximum atomic E-state index is 5.43. The molecule has 8 nitrogen and oxygen atoms in total. The Labute approximate surface area is 161 Å². The van der Waals surface area contributed by atoms with Gasteiger partial charge in [-0.1, -0.05) is 10.3 Å². The van der Waals surface area contributed by atoms with Gasteiger partial charge in [-0.25, -0.2) is 0 Å². The van der Waals surface area contributed by atoms with Crippen LogP contribution in [0.4, 0.5) is 0 Å². The van der Waals surface area contributed by atoms with E-state index < -0.39 is 0 Å². The van der Waals surface area contributed by atoms with Gasteiger partial charge in [-0.05, 0) is 43.4 Å². The summed E-state index contributed by atoms with van der Waals surface area (Å²) in [5, 5.41) is 8.15. The number of methoxy groups -OCH3 is 1. The lowest BCUT2D eigenvalue weighted by molar-refractivity contribution is 0.234. The van der Waals surface area contributed by atoms with E-state index >= 15 is 0 Å². The van der Waals surface area contributed by atoms with Crippen LogP contribution in [0.15, 0.2) is 63.9 Å². The Kier molecular flexibility index (Phi) is 5.11. The largest absolute Gasteiger partial charge is 0.497 e. The lowest BCUT2D eigenvalue weighted by atomic mass is 10.2. The number of rotatable bonds is 7. The van der Waals surface area contributed by atoms with Crippen molar-refractivity contribution in [3.8, 4) is 28.4 Å². The van der Waals surface area contributed by atoms with Crippen LogP contribution in [0.2, 0.25) is 0 Å². The van der Waals surface area contributed by atoms with Gasteiger partial charge >= 0.3 is 0 Å². The van der Waals surface area contributed by atoms with E-state index in [9.17, 15) is 0 Å². The van der Waals surface area contributed by atoms with Crippen LogP contribution in [-0.4, -0.2) is 39.3 Å². The molecule has 0 saturated heterocycles. The molecule has 0 fully saturated rings. The molecule has 0 amide bonds. The fraction of sp³-hybridized carbons (Fsp3) is 0.200. The van der Waals surface area contributed by atoms with Gasteiger partial charge in [0.25, 0.3) is 0 Å². The third kappa shape index (κ3) is 4.07. The summed E-state index contributed by atoms with van der Waals surface area (Å²) in [5.74, 6) is 2.60. The third-order valence-corrected chi connectivity index (χ3v) is 4.16. The van der Waals surface area contributed by atoms with Gasteiger partial charge in [-0.2, -0.15) is 4.98 Å². The zero-order valence-electron chi connectivity index (χ0n) is 15.6. The highest BCUT2D eigenvalue weighted by Crippen LogP contribution is 2.21. The van der Waals surface area contributed by atoms with Gasteiger partial charge in [-0.3, -0.25) is 9.88 Å². The second-order valence-electron chi connectivity index (χ2n) is 6.33. The fourth-order valence-corrected chi connectivity index (χ4v) is 2.77. The van der Waals surface area contributed by atoms with Gasteiger partial charge in [0.05, 0.1) is 20.2 Å². The van der Waals surface area contributed by atoms with E-state index in [1.165, 1.54) is 0 Å². The van der Waals surface area contributed by atoms with Crippen LogP contribution in [0.5, 0.6) is 5.75 Å². The minimum absolute atomic E-state index is 0.492. The molecule has 4 rings (SSSR count). The first-order valence-corrected chi connectivity index (χ1v) is 8.73. The summed E-state index contributed by atoms with van der Waals surface area (Å²) in [7, 11) is 3.58. The van der Waals surface area contributed by atoms with Gasteiger partial charge in [0.2, 0.25) is 11.7 Å². The monoisotopic (exact) mass is 377 g/mol. The van der Waals surface area contributed by atoms with Crippen LogP contribution >= 0.6 is 0 Å². The van der Waals surface area contributed by atoms with E-state index in [1.807, 2.05) is 54.4 Å². The molecular formula is C20H19N5O3. The SMILES string of the molecule is COc1ccc(-c2noc(CN(C)Cc3cc(-c4cccnc4)no3)n2)cc1. The van der Waals surface area contributed by atoms with Crippen LogP contribution in [0.25, 0.3) is 22.6 Å². The third-order valence-electron chi connectivity index (χ3n) is 4.16. The first kappa shape index (κ1) is 17.9. The van der Waals surface area contributed by atoms with Crippen molar-refractivity contribution in [3.05, 3.63) is 66.5 Å². The molecule has 3 aromatic heterocycles. The number of pyridine rings is 1. The summed E-state index contributed by atoms with van der Waals surface area (Å²) >= 11 is 0. The number of benzene rings is 1. The van der Waals surface area contributed by atoms with Crippen LogP contribution in [-0.2, 0) is 13.1 Å². The molecule has 28 heavy (non-hydrogen) atoms. The average Bonchev–Trinajstić information content (AvgIpc) is 3.38. The molecule has 0 radical (unpaired) electrons. The molecule has 0 atom stereocenters. The molecular weight excluding hydrogens is 358 g/mol. The van der Waals surface area contributed by atoms with E-state index in [-0.39, 0.29) is 0 Å². The Morgan fingerprint density at radius 1 is 1.00 bits per heavy atom. The predicted octanol–water partition coefficient (Wildman–Crippen LogP) is 3.43. The van der Waals surface area contributed by atoms with Crippen molar-refractivity contribution < 1.29 is 13.8 Å². The van der Waals surface area contributed by atoms with Crippen molar-refractivity contribution in [2.75, 3.05) is 14.2 Å². The lowest BCUT2D eigenvalue weighted by Gasteiger charge is -2.10. The van der Waals surface area contributed by atoms with Crippen molar-refractivity contribution in [1.29, 1.82) is 0 Å². The molecule has 0 aliphatic heterocycles. The standard InChI is InChI=1S/C20H19N5O3/c1-25(12-17-10-18(23-27-17)15-4-3-9-21-11-15)13-19-22-20(24-28-19)14-5-7-16(26-2)8-6-14/h3-11H,12-13H2,1-2H3. The van der Waals surface area contributed by atoms with E-state index in [4.69, 9.17) is 13.8 Å². The molecule has 0 aliphatic carbocycles. The van der Waals surface area contributed by atoms with E-state index in [1.54, 1.807) is 19.5 Å². The van der Waals surface area contributed by atoms with Crippen LogP contribution in [0.3, 0.4) is 0 Å². The van der Waals surface area contributed by atoms with Gasteiger partial charge in [0.15, 0.2) is 5.76 Å². The summed E-state index contributed by atoms with van der Waals surface area (Å²) in [5.41, 5.74) is 2.55. The zero-order chi connectivity index (χ0) is 19.3. The normalized spacial score (nSPS) is 11.1. The Morgan fingerprint density at radius 2 is 1.86 bits per heavy atom. The highest BCUT2D eigenvalue weighted by atomic mass is 16.5. The van der Waals surface area contributed by atoms with Gasteiger partial charge in [-0.15, -0.1) is 0 Å². The van der Waals surface area contributed by atoms with Gasteiger partial charge in [0.1, 0.15) is 11.4 Å². The van der Waals surface area contributed by atoms with Crippen LogP contribution in [0, 0.1) is 0 Å². The summed E-state index contributed by atoms with van der Waals surface area (Å²) < 4.78 is 16.0. The lowest BCUT2D eigenvalue weighted by Crippen LogP contribution is -2.17. The van der Waals surface area contributed by atoms with Crippen molar-refractivity contribution in [1.82, 2.24) is 25.2 Å². The number of aromatic nitrogens is 4. The first-order valence-electron chi connectivity index (χ1n) is 8.73. The number of ether oxygens (including phenoxy) is 1. The fourth-order valence-electron chi connectivity index (χ4n) is 2.77. The van der Waals surface area contributed by atoms with Crippen molar-refractivity contribution in [2.45, 2.75) is 13.1 Å².